The number of amides is 1. The Kier molecular flexibility index (Phi) is 13.4. The van der Waals surface area contributed by atoms with Crippen molar-refractivity contribution in [1.82, 2.24) is 15.2 Å². The van der Waals surface area contributed by atoms with E-state index in [1.807, 2.05) is 6.07 Å². The van der Waals surface area contributed by atoms with Crippen molar-refractivity contribution in [2.24, 2.45) is 5.92 Å². The van der Waals surface area contributed by atoms with E-state index in [0.717, 1.165) is 38.2 Å². The molecule has 212 valence electrons. The third-order valence-electron chi connectivity index (χ3n) is 4.56. The first-order chi connectivity index (χ1) is 16.8. The number of anilines is 1. The minimum atomic E-state index is -5.08. The average molecular weight is 547 g/mol. The van der Waals surface area contributed by atoms with E-state index in [9.17, 15) is 31.1 Å². The molecule has 0 aliphatic carbocycles. The first-order valence-electron chi connectivity index (χ1n) is 11.1. The molecule has 0 bridgehead atoms. The van der Waals surface area contributed by atoms with Crippen molar-refractivity contribution in [1.29, 1.82) is 0 Å². The molecule has 1 amide bonds. The zero-order chi connectivity index (χ0) is 29.1. The molecule has 4 N–H and O–H groups in total. The predicted molar refractivity (Wildman–Crippen MR) is 122 cm³/mol. The Morgan fingerprint density at radius 2 is 1.43 bits per heavy atom. The van der Waals surface area contributed by atoms with Gasteiger partial charge in [0, 0.05) is 44.8 Å². The Balaban J connectivity index is 0.000000761. The molecule has 0 spiro atoms. The number of aromatic nitrogens is 1. The van der Waals surface area contributed by atoms with Crippen LogP contribution in [0.25, 0.3) is 0 Å². The van der Waals surface area contributed by atoms with Gasteiger partial charge in [-0.2, -0.15) is 26.3 Å². The molecule has 0 atom stereocenters. The highest BCUT2D eigenvalue weighted by Gasteiger charge is 2.38. The number of rotatable bonds is 5. The molecule has 2 rings (SSSR count). The summed E-state index contributed by atoms with van der Waals surface area (Å²) in [6.45, 7) is 11.8. The number of nitrogens with zero attached hydrogens (tertiary/aromatic N) is 2. The fraction of sp³-hybridized carbons (Fsp3) is 0.636. The third kappa shape index (κ3) is 13.1. The summed E-state index contributed by atoms with van der Waals surface area (Å²) in [5.41, 5.74) is 2.99. The molecule has 9 nitrogen and oxygen atoms in total. The van der Waals surface area contributed by atoms with Crippen LogP contribution >= 0.6 is 0 Å². The number of halogens is 6. The second-order valence-electron chi connectivity index (χ2n) is 8.67. The number of pyridine rings is 1. The molecule has 0 aromatic carbocycles. The zero-order valence-corrected chi connectivity index (χ0v) is 21.0. The number of carboxylic acid groups (broad SMARTS) is 2. The molecule has 1 aromatic rings. The van der Waals surface area contributed by atoms with Crippen LogP contribution in [0.2, 0.25) is 0 Å². The van der Waals surface area contributed by atoms with Crippen LogP contribution in [0.3, 0.4) is 0 Å². The van der Waals surface area contributed by atoms with Crippen molar-refractivity contribution >= 4 is 23.7 Å². The van der Waals surface area contributed by atoms with E-state index in [4.69, 9.17) is 24.8 Å². The fourth-order valence-corrected chi connectivity index (χ4v) is 3.07. The summed E-state index contributed by atoms with van der Waals surface area (Å²) in [5.74, 6) is -4.22. The van der Waals surface area contributed by atoms with E-state index in [1.54, 1.807) is 7.05 Å². The van der Waals surface area contributed by atoms with Gasteiger partial charge in [-0.15, -0.1) is 0 Å². The highest BCUT2D eigenvalue weighted by molar-refractivity contribution is 5.98. The largest absolute Gasteiger partial charge is 0.490 e. The summed E-state index contributed by atoms with van der Waals surface area (Å²) in [6.07, 6.45) is -8.26. The van der Waals surface area contributed by atoms with Gasteiger partial charge in [0.05, 0.1) is 5.56 Å². The number of carboxylic acids is 2. The third-order valence-corrected chi connectivity index (χ3v) is 4.56. The highest BCUT2D eigenvalue weighted by atomic mass is 19.4. The van der Waals surface area contributed by atoms with Crippen LogP contribution in [-0.4, -0.2) is 83.0 Å². The van der Waals surface area contributed by atoms with Crippen molar-refractivity contribution in [3.8, 4) is 0 Å². The van der Waals surface area contributed by atoms with Gasteiger partial charge in [0.25, 0.3) is 5.91 Å². The summed E-state index contributed by atoms with van der Waals surface area (Å²) < 4.78 is 63.5. The summed E-state index contributed by atoms with van der Waals surface area (Å²) in [5, 5.41) is 20.3. The smallest absolute Gasteiger partial charge is 0.475 e. The van der Waals surface area contributed by atoms with E-state index in [0.29, 0.717) is 17.3 Å². The van der Waals surface area contributed by atoms with Crippen molar-refractivity contribution in [2.75, 3.05) is 32.0 Å². The van der Waals surface area contributed by atoms with E-state index in [-0.39, 0.29) is 11.9 Å². The molecule has 1 aliphatic rings. The number of carbonyl (C=O) groups excluding carboxylic acids is 1. The SMILES string of the molecule is CNC(=O)c1cc2c(nc1NC(C)C)CCN(CC(C)C)CC2.O=C(O)C(F)(F)F.O=C(O)C(F)(F)F. The molecule has 1 aliphatic heterocycles. The highest BCUT2D eigenvalue weighted by Crippen LogP contribution is 2.23. The molecule has 0 unspecified atom stereocenters. The monoisotopic (exact) mass is 546 g/mol. The lowest BCUT2D eigenvalue weighted by molar-refractivity contribution is -0.193. The number of carbonyl (C=O) groups is 3. The second-order valence-corrected chi connectivity index (χ2v) is 8.67. The molecular formula is C22H32F6N4O5. The molecule has 0 radical (unpaired) electrons. The van der Waals surface area contributed by atoms with Crippen LogP contribution in [0.15, 0.2) is 6.07 Å². The van der Waals surface area contributed by atoms with Gasteiger partial charge < -0.3 is 25.7 Å². The maximum absolute atomic E-state index is 12.2. The van der Waals surface area contributed by atoms with Crippen molar-refractivity contribution in [3.05, 3.63) is 22.9 Å². The first kappa shape index (κ1) is 33.9. The minimum Gasteiger partial charge on any atom is -0.475 e. The molecule has 0 saturated heterocycles. The summed E-state index contributed by atoms with van der Waals surface area (Å²) in [7, 11) is 1.66. The van der Waals surface area contributed by atoms with Gasteiger partial charge >= 0.3 is 24.3 Å². The van der Waals surface area contributed by atoms with Gasteiger partial charge in [0.1, 0.15) is 5.82 Å². The van der Waals surface area contributed by atoms with Crippen molar-refractivity contribution < 1.29 is 50.9 Å². The number of hydrogen-bond donors (Lipinski definition) is 4. The second kappa shape index (κ2) is 14.6. The topological polar surface area (TPSA) is 132 Å². The Hall–Kier alpha value is -3.10. The lowest BCUT2D eigenvalue weighted by Crippen LogP contribution is -2.30. The van der Waals surface area contributed by atoms with Crippen molar-refractivity contribution in [2.45, 2.75) is 58.9 Å². The number of aliphatic carboxylic acids is 2. The van der Waals surface area contributed by atoms with E-state index in [2.05, 4.69) is 43.2 Å². The Bertz CT molecular complexity index is 896. The lowest BCUT2D eigenvalue weighted by atomic mass is 10.0. The van der Waals surface area contributed by atoms with E-state index < -0.39 is 24.3 Å². The number of hydrogen-bond acceptors (Lipinski definition) is 6. The summed E-state index contributed by atoms with van der Waals surface area (Å²) >= 11 is 0. The zero-order valence-electron chi connectivity index (χ0n) is 21.0. The predicted octanol–water partition coefficient (Wildman–Crippen LogP) is 3.58. The quantitative estimate of drug-likeness (QED) is 0.412. The number of fused-ring (bicyclic) bond motifs is 1. The molecule has 15 heteroatoms. The Labute approximate surface area is 210 Å². The molecule has 0 fully saturated rings. The van der Waals surface area contributed by atoms with Gasteiger partial charge in [0.15, 0.2) is 0 Å². The first-order valence-corrected chi connectivity index (χ1v) is 11.1. The van der Waals surface area contributed by atoms with E-state index in [1.165, 1.54) is 5.56 Å². The molecule has 37 heavy (non-hydrogen) atoms. The normalized spacial score (nSPS) is 13.9. The molecular weight excluding hydrogens is 514 g/mol. The molecule has 2 heterocycles. The van der Waals surface area contributed by atoms with Crippen LogP contribution in [0, 0.1) is 5.92 Å². The van der Waals surface area contributed by atoms with Crippen molar-refractivity contribution in [3.63, 3.8) is 0 Å². The average Bonchev–Trinajstić information content (AvgIpc) is 2.93. The summed E-state index contributed by atoms with van der Waals surface area (Å²) in [6, 6.07) is 2.28. The molecule has 0 saturated carbocycles. The minimum absolute atomic E-state index is 0.0771. The van der Waals surface area contributed by atoms with Gasteiger partial charge in [-0.25, -0.2) is 14.6 Å². The van der Waals surface area contributed by atoms with Gasteiger partial charge in [-0.05, 0) is 37.8 Å². The Morgan fingerprint density at radius 3 is 1.81 bits per heavy atom. The number of alkyl halides is 6. The van der Waals surface area contributed by atoms with Gasteiger partial charge in [-0.1, -0.05) is 13.8 Å². The fourth-order valence-electron chi connectivity index (χ4n) is 3.07. The van der Waals surface area contributed by atoms with Crippen LogP contribution in [0.4, 0.5) is 32.2 Å². The Morgan fingerprint density at radius 1 is 0.973 bits per heavy atom. The lowest BCUT2D eigenvalue weighted by Gasteiger charge is -2.21. The van der Waals surface area contributed by atoms with Gasteiger partial charge in [-0.3, -0.25) is 4.79 Å². The van der Waals surface area contributed by atoms with Gasteiger partial charge in [0.2, 0.25) is 0 Å². The maximum atomic E-state index is 12.2. The van der Waals surface area contributed by atoms with Crippen LogP contribution in [0.1, 0.15) is 49.3 Å². The van der Waals surface area contributed by atoms with Crippen LogP contribution < -0.4 is 10.6 Å². The molecule has 1 aromatic heterocycles. The van der Waals surface area contributed by atoms with E-state index >= 15 is 0 Å². The number of nitrogens with one attached hydrogen (secondary N) is 2. The van der Waals surface area contributed by atoms with Crippen LogP contribution in [0.5, 0.6) is 0 Å². The van der Waals surface area contributed by atoms with Crippen LogP contribution in [-0.2, 0) is 22.4 Å². The standard InChI is InChI=1S/C18H30N4O.2C2HF3O2/c1-12(2)11-22-8-6-14-10-15(18(23)19-5)17(20-13(3)4)21-16(14)7-9-22;2*3-2(4,5)1(6)7/h10,12-13H,6-9,11H2,1-5H3,(H,19,23)(H,20,21);2*(H,6,7). The summed E-state index contributed by atoms with van der Waals surface area (Å²) in [4.78, 5) is 37.3. The maximum Gasteiger partial charge on any atom is 0.490 e.